The van der Waals surface area contributed by atoms with E-state index < -0.39 is 5.97 Å². The van der Waals surface area contributed by atoms with Gasteiger partial charge in [-0.05, 0) is 70.1 Å². The van der Waals surface area contributed by atoms with Crippen LogP contribution in [0.15, 0.2) is 66.3 Å². The highest BCUT2D eigenvalue weighted by Crippen LogP contribution is 2.41. The molecule has 1 heterocycles. The van der Waals surface area contributed by atoms with Gasteiger partial charge in [-0.1, -0.05) is 85.6 Å². The first kappa shape index (κ1) is 27.4. The lowest BCUT2D eigenvalue weighted by Crippen LogP contribution is -2.11. The number of benzene rings is 2. The Bertz CT molecular complexity index is 1450. The highest BCUT2D eigenvalue weighted by atomic mass is 16.4. The number of carbonyl (C=O) groups is 1. The van der Waals surface area contributed by atoms with E-state index in [-0.39, 0.29) is 6.42 Å². The maximum absolute atomic E-state index is 11.2. The summed E-state index contributed by atoms with van der Waals surface area (Å²) in [5.74, 6) is 0.726. The summed E-state index contributed by atoms with van der Waals surface area (Å²) in [4.78, 5) is 16.6. The van der Waals surface area contributed by atoms with Crippen LogP contribution in [-0.4, -0.2) is 20.6 Å². The number of nitrogens with zero attached hydrogens (tertiary/aromatic N) is 2. The third-order valence-electron chi connectivity index (χ3n) is 7.22. The topological polar surface area (TPSA) is 55.1 Å². The van der Waals surface area contributed by atoms with E-state index in [0.717, 1.165) is 41.0 Å². The molecular formula is C34H40N2O2. The first-order valence-corrected chi connectivity index (χ1v) is 13.9. The van der Waals surface area contributed by atoms with Crippen LogP contribution in [0.2, 0.25) is 0 Å². The van der Waals surface area contributed by atoms with Gasteiger partial charge < -0.3 is 5.11 Å². The van der Waals surface area contributed by atoms with Crippen LogP contribution >= 0.6 is 0 Å². The summed E-state index contributed by atoms with van der Waals surface area (Å²) in [5, 5.41) is 11.6. The Hall–Kier alpha value is -3.66. The van der Waals surface area contributed by atoms with Crippen molar-refractivity contribution in [3.05, 3.63) is 83.2 Å². The largest absolute Gasteiger partial charge is 0.481 e. The van der Waals surface area contributed by atoms with Crippen molar-refractivity contribution in [2.45, 2.75) is 78.6 Å². The van der Waals surface area contributed by atoms with Crippen molar-refractivity contribution in [3.63, 3.8) is 0 Å². The van der Waals surface area contributed by atoms with Crippen LogP contribution < -0.4 is 0 Å². The number of imidazole rings is 1. The minimum absolute atomic E-state index is 0.119. The maximum atomic E-state index is 11.2. The molecule has 0 radical (unpaired) electrons. The van der Waals surface area contributed by atoms with Crippen molar-refractivity contribution < 1.29 is 9.90 Å². The molecular weight excluding hydrogens is 468 g/mol. The van der Waals surface area contributed by atoms with Crippen LogP contribution in [0.4, 0.5) is 0 Å². The van der Waals surface area contributed by atoms with Crippen LogP contribution in [0, 0.1) is 0 Å². The number of hydrogen-bond acceptors (Lipinski definition) is 2. The molecule has 0 unspecified atom stereocenters. The number of allylic oxidation sites excluding steroid dienone is 8. The Balaban J connectivity index is 2.12. The average molecular weight is 509 g/mol. The van der Waals surface area contributed by atoms with Gasteiger partial charge >= 0.3 is 5.97 Å². The van der Waals surface area contributed by atoms with E-state index in [1.165, 1.54) is 41.2 Å². The molecule has 0 bridgehead atoms. The molecule has 2 aromatic carbocycles. The molecule has 0 spiro atoms. The highest BCUT2D eigenvalue weighted by Gasteiger charge is 2.26. The summed E-state index contributed by atoms with van der Waals surface area (Å²) < 4.78 is 2.37. The molecule has 198 valence electrons. The van der Waals surface area contributed by atoms with E-state index in [4.69, 9.17) is 4.98 Å². The van der Waals surface area contributed by atoms with Gasteiger partial charge in [-0.25, -0.2) is 4.98 Å². The maximum Gasteiger partial charge on any atom is 0.303 e. The summed E-state index contributed by atoms with van der Waals surface area (Å²) in [6.45, 7) is 8.32. The second-order valence-corrected chi connectivity index (χ2v) is 10.4. The fourth-order valence-electron chi connectivity index (χ4n) is 5.52. The number of aliphatic carboxylic acids is 1. The molecule has 1 fully saturated rings. The third-order valence-corrected chi connectivity index (χ3v) is 7.22. The van der Waals surface area contributed by atoms with Crippen molar-refractivity contribution in [1.29, 1.82) is 0 Å². The molecule has 1 saturated carbocycles. The van der Waals surface area contributed by atoms with E-state index in [9.17, 15) is 9.90 Å². The molecule has 38 heavy (non-hydrogen) atoms. The van der Waals surface area contributed by atoms with E-state index in [0.29, 0.717) is 12.3 Å². The fraction of sp³-hybridized carbons (Fsp3) is 0.353. The SMILES string of the molecule is C/C=C\c1c(/C=C\C)c2nc(C3CCCCC3)n(C(/C=C\CCC(=O)O)=C/C=C(C)C)c2c2ccccc12. The van der Waals surface area contributed by atoms with Gasteiger partial charge in [0.1, 0.15) is 5.82 Å². The molecule has 4 rings (SSSR count). The van der Waals surface area contributed by atoms with Gasteiger partial charge in [-0.3, -0.25) is 9.36 Å². The normalized spacial score (nSPS) is 15.5. The van der Waals surface area contributed by atoms with Crippen molar-refractivity contribution in [1.82, 2.24) is 9.55 Å². The predicted molar refractivity (Wildman–Crippen MR) is 162 cm³/mol. The molecule has 4 nitrogen and oxygen atoms in total. The lowest BCUT2D eigenvalue weighted by atomic mass is 9.88. The Kier molecular flexibility index (Phi) is 9.17. The quantitative estimate of drug-likeness (QED) is 0.293. The standard InChI is InChI=1S/C34H40N2O2/c1-5-14-27-28-19-11-12-20-30(28)33-32(29(27)15-6-2)35-34(25-16-8-7-9-17-25)36(33)26(23-22-24(3)4)18-10-13-21-31(37)38/h5-6,10-12,14-15,18-20,22-23,25H,7-9,13,16-17,21H2,1-4H3,(H,37,38)/b14-5-,15-6-,18-10-,26-23+. The van der Waals surface area contributed by atoms with Crippen molar-refractivity contribution in [2.24, 2.45) is 0 Å². The van der Waals surface area contributed by atoms with E-state index >= 15 is 0 Å². The highest BCUT2D eigenvalue weighted by molar-refractivity contribution is 6.13. The second kappa shape index (κ2) is 12.7. The summed E-state index contributed by atoms with van der Waals surface area (Å²) >= 11 is 0. The van der Waals surface area contributed by atoms with Gasteiger partial charge in [0, 0.05) is 29.0 Å². The van der Waals surface area contributed by atoms with Gasteiger partial charge in [0.05, 0.1) is 11.0 Å². The number of carboxylic acid groups (broad SMARTS) is 1. The summed E-state index contributed by atoms with van der Waals surface area (Å²) in [7, 11) is 0. The van der Waals surface area contributed by atoms with Crippen LogP contribution in [-0.2, 0) is 4.79 Å². The average Bonchev–Trinajstić information content (AvgIpc) is 3.31. The zero-order valence-corrected chi connectivity index (χ0v) is 23.2. The van der Waals surface area contributed by atoms with Crippen LogP contribution in [0.3, 0.4) is 0 Å². The molecule has 1 aliphatic rings. The van der Waals surface area contributed by atoms with Crippen molar-refractivity contribution in [2.75, 3.05) is 0 Å². The predicted octanol–water partition coefficient (Wildman–Crippen LogP) is 9.53. The number of hydrogen-bond donors (Lipinski definition) is 1. The van der Waals surface area contributed by atoms with E-state index in [2.05, 4.69) is 99.1 Å². The molecule has 0 saturated heterocycles. The summed E-state index contributed by atoms with van der Waals surface area (Å²) in [6, 6.07) is 8.63. The zero-order chi connectivity index (χ0) is 27.1. The zero-order valence-electron chi connectivity index (χ0n) is 23.2. The Morgan fingerprint density at radius 2 is 1.68 bits per heavy atom. The molecule has 1 aromatic heterocycles. The number of fused-ring (bicyclic) bond motifs is 3. The summed E-state index contributed by atoms with van der Waals surface area (Å²) in [6.07, 6.45) is 23.6. The molecule has 0 aliphatic heterocycles. The van der Waals surface area contributed by atoms with E-state index in [1.807, 2.05) is 6.08 Å². The Morgan fingerprint density at radius 1 is 1.00 bits per heavy atom. The minimum Gasteiger partial charge on any atom is -0.481 e. The van der Waals surface area contributed by atoms with Gasteiger partial charge in [0.2, 0.25) is 0 Å². The number of aromatic nitrogens is 2. The van der Waals surface area contributed by atoms with Crippen molar-refractivity contribution in [3.8, 4) is 0 Å². The first-order chi connectivity index (χ1) is 18.5. The van der Waals surface area contributed by atoms with Crippen LogP contribution in [0.1, 0.15) is 95.5 Å². The molecule has 1 aliphatic carbocycles. The lowest BCUT2D eigenvalue weighted by molar-refractivity contribution is -0.136. The molecule has 4 heteroatoms. The fourth-order valence-corrected chi connectivity index (χ4v) is 5.52. The number of rotatable bonds is 9. The van der Waals surface area contributed by atoms with Gasteiger partial charge in [-0.15, -0.1) is 0 Å². The second-order valence-electron chi connectivity index (χ2n) is 10.4. The smallest absolute Gasteiger partial charge is 0.303 e. The van der Waals surface area contributed by atoms with Crippen LogP contribution in [0.5, 0.6) is 0 Å². The van der Waals surface area contributed by atoms with Gasteiger partial charge in [0.25, 0.3) is 0 Å². The molecule has 0 atom stereocenters. The first-order valence-electron chi connectivity index (χ1n) is 13.9. The molecule has 3 aromatic rings. The molecule has 1 N–H and O–H groups in total. The van der Waals surface area contributed by atoms with Gasteiger partial charge in [0.15, 0.2) is 0 Å². The lowest BCUT2D eigenvalue weighted by Gasteiger charge is -2.23. The van der Waals surface area contributed by atoms with Crippen molar-refractivity contribution >= 4 is 45.6 Å². The molecule has 0 amide bonds. The Labute approximate surface area is 226 Å². The van der Waals surface area contributed by atoms with E-state index in [1.54, 1.807) is 0 Å². The minimum atomic E-state index is -0.779. The number of carboxylic acids is 1. The van der Waals surface area contributed by atoms with Crippen LogP contribution in [0.25, 0.3) is 39.7 Å². The Morgan fingerprint density at radius 3 is 2.34 bits per heavy atom. The monoisotopic (exact) mass is 508 g/mol. The third kappa shape index (κ3) is 5.91. The van der Waals surface area contributed by atoms with Gasteiger partial charge in [-0.2, -0.15) is 0 Å². The summed E-state index contributed by atoms with van der Waals surface area (Å²) in [5.41, 5.74) is 6.72.